The second-order valence-electron chi connectivity index (χ2n) is 4.62. The van der Waals surface area contributed by atoms with Crippen molar-refractivity contribution in [3.8, 4) is 0 Å². The number of para-hydroxylation sites is 1. The Kier molecular flexibility index (Phi) is 3.46. The number of rotatable bonds is 3. The normalized spacial score (nSPS) is 10.7. The number of nitrogens with zero attached hydrogens (tertiary/aromatic N) is 2. The van der Waals surface area contributed by atoms with E-state index in [4.69, 9.17) is 5.73 Å². The zero-order valence-electron chi connectivity index (χ0n) is 10.9. The molecule has 0 amide bonds. The molecule has 0 saturated heterocycles. The molecule has 0 fully saturated rings. The molecule has 2 aromatic rings. The Labute approximate surface area is 107 Å². The van der Waals surface area contributed by atoms with Crippen LogP contribution < -0.4 is 11.1 Å². The van der Waals surface area contributed by atoms with Gasteiger partial charge >= 0.3 is 0 Å². The van der Waals surface area contributed by atoms with Gasteiger partial charge in [-0.3, -0.25) is 0 Å². The molecule has 18 heavy (non-hydrogen) atoms. The molecule has 1 aromatic heterocycles. The molecule has 0 aliphatic rings. The van der Waals surface area contributed by atoms with Crippen molar-refractivity contribution in [1.29, 1.82) is 0 Å². The van der Waals surface area contributed by atoms with Crippen LogP contribution in [0.1, 0.15) is 30.9 Å². The van der Waals surface area contributed by atoms with Crippen LogP contribution in [0.5, 0.6) is 0 Å². The van der Waals surface area contributed by atoms with Crippen LogP contribution in [-0.4, -0.2) is 9.97 Å². The maximum absolute atomic E-state index is 5.92. The fourth-order valence-corrected chi connectivity index (χ4v) is 1.92. The Bertz CT molecular complexity index is 549. The number of aromatic nitrogens is 2. The fraction of sp³-hybridized carbons (Fsp3) is 0.286. The van der Waals surface area contributed by atoms with Crippen LogP contribution >= 0.6 is 0 Å². The van der Waals surface area contributed by atoms with E-state index in [1.165, 1.54) is 11.9 Å². The van der Waals surface area contributed by atoms with E-state index in [2.05, 4.69) is 42.1 Å². The average molecular weight is 242 g/mol. The Morgan fingerprint density at radius 2 is 1.89 bits per heavy atom. The van der Waals surface area contributed by atoms with E-state index in [1.54, 1.807) is 0 Å². The molecule has 0 saturated carbocycles. The summed E-state index contributed by atoms with van der Waals surface area (Å²) in [4.78, 5) is 8.35. The highest BCUT2D eigenvalue weighted by Gasteiger charge is 2.13. The van der Waals surface area contributed by atoms with Gasteiger partial charge in [0.1, 0.15) is 18.0 Å². The highest BCUT2D eigenvalue weighted by Crippen LogP contribution is 2.29. The summed E-state index contributed by atoms with van der Waals surface area (Å²) in [6.07, 6.45) is 1.49. The number of hydrogen-bond donors (Lipinski definition) is 2. The molecule has 94 valence electrons. The lowest BCUT2D eigenvalue weighted by Crippen LogP contribution is -2.07. The van der Waals surface area contributed by atoms with E-state index >= 15 is 0 Å². The minimum absolute atomic E-state index is 0.276. The summed E-state index contributed by atoms with van der Waals surface area (Å²) in [5, 5.41) is 3.33. The highest BCUT2D eigenvalue weighted by atomic mass is 15.0. The van der Waals surface area contributed by atoms with Gasteiger partial charge in [-0.1, -0.05) is 32.0 Å². The first-order valence-electron chi connectivity index (χ1n) is 6.02. The number of nitrogen functional groups attached to an aromatic ring is 1. The van der Waals surface area contributed by atoms with E-state index in [1.807, 2.05) is 18.2 Å². The number of anilines is 3. The third-order valence-electron chi connectivity index (χ3n) is 2.89. The van der Waals surface area contributed by atoms with Crippen molar-refractivity contribution in [2.75, 3.05) is 11.1 Å². The summed E-state index contributed by atoms with van der Waals surface area (Å²) < 4.78 is 0. The molecular weight excluding hydrogens is 224 g/mol. The molecule has 0 aliphatic carbocycles. The van der Waals surface area contributed by atoms with Gasteiger partial charge in [0.25, 0.3) is 0 Å². The number of aryl methyl sites for hydroxylation is 1. The summed E-state index contributed by atoms with van der Waals surface area (Å²) in [7, 11) is 0. The minimum Gasteiger partial charge on any atom is -0.383 e. The molecule has 2 rings (SSSR count). The van der Waals surface area contributed by atoms with Crippen molar-refractivity contribution >= 4 is 17.3 Å². The molecule has 3 N–H and O–H groups in total. The molecule has 0 spiro atoms. The lowest BCUT2D eigenvalue weighted by Gasteiger charge is -2.15. The number of benzene rings is 1. The zero-order valence-corrected chi connectivity index (χ0v) is 10.9. The predicted octanol–water partition coefficient (Wildman–Crippen LogP) is 3.23. The summed E-state index contributed by atoms with van der Waals surface area (Å²) >= 11 is 0. The first-order chi connectivity index (χ1) is 8.59. The monoisotopic (exact) mass is 242 g/mol. The summed E-state index contributed by atoms with van der Waals surface area (Å²) in [5.41, 5.74) is 9.09. The first-order valence-corrected chi connectivity index (χ1v) is 6.02. The van der Waals surface area contributed by atoms with Crippen molar-refractivity contribution in [2.24, 2.45) is 0 Å². The van der Waals surface area contributed by atoms with Gasteiger partial charge in [-0.25, -0.2) is 9.97 Å². The van der Waals surface area contributed by atoms with Gasteiger partial charge in [0.05, 0.1) is 0 Å². The molecule has 1 heterocycles. The molecular formula is C14H18N4. The van der Waals surface area contributed by atoms with E-state index in [9.17, 15) is 0 Å². The van der Waals surface area contributed by atoms with E-state index < -0.39 is 0 Å². The molecule has 0 unspecified atom stereocenters. The van der Waals surface area contributed by atoms with Gasteiger partial charge in [0, 0.05) is 11.3 Å². The van der Waals surface area contributed by atoms with Crippen molar-refractivity contribution in [3.05, 3.63) is 41.7 Å². The van der Waals surface area contributed by atoms with Crippen molar-refractivity contribution < 1.29 is 0 Å². The van der Waals surface area contributed by atoms with Crippen molar-refractivity contribution in [2.45, 2.75) is 26.7 Å². The SMILES string of the molecule is Cc1ccccc1Nc1ncnc(N)c1C(C)C. The van der Waals surface area contributed by atoms with Crippen LogP contribution in [0.4, 0.5) is 17.3 Å². The van der Waals surface area contributed by atoms with Crippen molar-refractivity contribution in [1.82, 2.24) is 9.97 Å². The quantitative estimate of drug-likeness (QED) is 0.867. The molecule has 0 radical (unpaired) electrons. The van der Waals surface area contributed by atoms with Crippen LogP contribution in [0.15, 0.2) is 30.6 Å². The van der Waals surface area contributed by atoms with Crippen LogP contribution in [0.2, 0.25) is 0 Å². The fourth-order valence-electron chi connectivity index (χ4n) is 1.92. The second-order valence-corrected chi connectivity index (χ2v) is 4.62. The number of nitrogens with one attached hydrogen (secondary N) is 1. The minimum atomic E-state index is 0.276. The van der Waals surface area contributed by atoms with Crippen LogP contribution in [0.25, 0.3) is 0 Å². The Morgan fingerprint density at radius 1 is 1.17 bits per heavy atom. The Balaban J connectivity index is 2.41. The van der Waals surface area contributed by atoms with Gasteiger partial charge in [-0.2, -0.15) is 0 Å². The molecule has 1 aromatic carbocycles. The first kappa shape index (κ1) is 12.4. The topological polar surface area (TPSA) is 63.8 Å². The summed E-state index contributed by atoms with van der Waals surface area (Å²) in [5.74, 6) is 1.60. The lowest BCUT2D eigenvalue weighted by molar-refractivity contribution is 0.855. The largest absolute Gasteiger partial charge is 0.383 e. The summed E-state index contributed by atoms with van der Waals surface area (Å²) in [6, 6.07) is 8.09. The summed E-state index contributed by atoms with van der Waals surface area (Å²) in [6.45, 7) is 6.22. The lowest BCUT2D eigenvalue weighted by atomic mass is 10.0. The predicted molar refractivity (Wildman–Crippen MR) is 75.0 cm³/mol. The van der Waals surface area contributed by atoms with Crippen molar-refractivity contribution in [3.63, 3.8) is 0 Å². The third-order valence-corrected chi connectivity index (χ3v) is 2.89. The van der Waals surface area contributed by atoms with Crippen LogP contribution in [-0.2, 0) is 0 Å². The molecule has 4 nitrogen and oxygen atoms in total. The van der Waals surface area contributed by atoms with Crippen LogP contribution in [0, 0.1) is 6.92 Å². The molecule has 0 bridgehead atoms. The molecule has 4 heteroatoms. The Hall–Kier alpha value is -2.10. The smallest absolute Gasteiger partial charge is 0.139 e. The number of nitrogens with two attached hydrogens (primary N) is 1. The zero-order chi connectivity index (χ0) is 13.1. The van der Waals surface area contributed by atoms with Crippen LogP contribution in [0.3, 0.4) is 0 Å². The molecule has 0 aliphatic heterocycles. The second kappa shape index (κ2) is 5.04. The Morgan fingerprint density at radius 3 is 2.56 bits per heavy atom. The van der Waals surface area contributed by atoms with Gasteiger partial charge in [0.2, 0.25) is 0 Å². The standard InChI is InChI=1S/C14H18N4/c1-9(2)12-13(15)16-8-17-14(12)18-11-7-5-4-6-10(11)3/h4-9H,1-3H3,(H3,15,16,17,18). The van der Waals surface area contributed by atoms with Gasteiger partial charge < -0.3 is 11.1 Å². The maximum atomic E-state index is 5.92. The number of hydrogen-bond acceptors (Lipinski definition) is 4. The maximum Gasteiger partial charge on any atom is 0.139 e. The average Bonchev–Trinajstić information content (AvgIpc) is 2.31. The van der Waals surface area contributed by atoms with Gasteiger partial charge in [-0.15, -0.1) is 0 Å². The molecule has 0 atom stereocenters. The van der Waals surface area contributed by atoms with E-state index in [0.29, 0.717) is 5.82 Å². The third kappa shape index (κ3) is 2.42. The van der Waals surface area contributed by atoms with E-state index in [0.717, 1.165) is 17.1 Å². The highest BCUT2D eigenvalue weighted by molar-refractivity contribution is 5.66. The van der Waals surface area contributed by atoms with E-state index in [-0.39, 0.29) is 5.92 Å². The van der Waals surface area contributed by atoms with Gasteiger partial charge in [0.15, 0.2) is 0 Å². The van der Waals surface area contributed by atoms with Gasteiger partial charge in [-0.05, 0) is 24.5 Å².